The van der Waals surface area contributed by atoms with E-state index >= 15 is 0 Å². The molecule has 2 N–H and O–H groups in total. The van der Waals surface area contributed by atoms with Gasteiger partial charge < -0.3 is 5.32 Å². The van der Waals surface area contributed by atoms with Crippen LogP contribution in [0.25, 0.3) is 0 Å². The number of sulfonamides is 1. The van der Waals surface area contributed by atoms with E-state index in [1.165, 1.54) is 11.3 Å². The summed E-state index contributed by atoms with van der Waals surface area (Å²) in [5.74, 6) is 0. The minimum Gasteiger partial charge on any atom is -0.317 e. The normalized spacial score (nSPS) is 24.6. The molecule has 0 aromatic carbocycles. The molecule has 1 fully saturated rings. The zero-order chi connectivity index (χ0) is 14.0. The maximum absolute atomic E-state index is 12.3. The molecule has 19 heavy (non-hydrogen) atoms. The van der Waals surface area contributed by atoms with Gasteiger partial charge in [0, 0.05) is 17.0 Å². The Balaban J connectivity index is 2.04. The van der Waals surface area contributed by atoms with Crippen LogP contribution in [0.2, 0.25) is 0 Å². The first-order valence-electron chi connectivity index (χ1n) is 6.38. The van der Waals surface area contributed by atoms with Gasteiger partial charge in [-0.05, 0) is 61.7 Å². The van der Waals surface area contributed by atoms with Crippen molar-refractivity contribution in [2.45, 2.75) is 49.6 Å². The van der Waals surface area contributed by atoms with Gasteiger partial charge in [0.15, 0.2) is 0 Å². The van der Waals surface area contributed by atoms with Crippen molar-refractivity contribution in [1.82, 2.24) is 10.0 Å². The van der Waals surface area contributed by atoms with Crippen LogP contribution in [0.1, 0.15) is 30.6 Å². The van der Waals surface area contributed by atoms with Gasteiger partial charge >= 0.3 is 0 Å². The Hall–Kier alpha value is 0.0500. The molecule has 0 bridgehead atoms. The van der Waals surface area contributed by atoms with Crippen molar-refractivity contribution in [2.24, 2.45) is 0 Å². The summed E-state index contributed by atoms with van der Waals surface area (Å²) in [4.78, 5) is 1.23. The summed E-state index contributed by atoms with van der Waals surface area (Å²) in [6, 6.07) is 2.27. The Morgan fingerprint density at radius 3 is 2.32 bits per heavy atom. The van der Waals surface area contributed by atoms with Crippen LogP contribution in [0.3, 0.4) is 0 Å². The Morgan fingerprint density at radius 1 is 1.26 bits per heavy atom. The summed E-state index contributed by atoms with van der Waals surface area (Å²) < 4.78 is 28.4. The highest BCUT2D eigenvalue weighted by Gasteiger charge is 2.26. The van der Waals surface area contributed by atoms with E-state index < -0.39 is 10.0 Å². The molecule has 4 nitrogen and oxygen atoms in total. The van der Waals surface area contributed by atoms with Gasteiger partial charge in [0.25, 0.3) is 0 Å². The average molecular weight is 367 g/mol. The first-order valence-corrected chi connectivity index (χ1v) is 9.47. The quantitative estimate of drug-likeness (QED) is 0.860. The minimum atomic E-state index is -3.38. The first kappa shape index (κ1) is 15.4. The van der Waals surface area contributed by atoms with E-state index in [-0.39, 0.29) is 6.04 Å². The molecular weight excluding hydrogens is 348 g/mol. The summed E-state index contributed by atoms with van der Waals surface area (Å²) in [6.45, 7) is 1.84. The second kappa shape index (κ2) is 6.22. The summed E-state index contributed by atoms with van der Waals surface area (Å²) in [5.41, 5.74) is 0. The predicted octanol–water partition coefficient (Wildman–Crippen LogP) is 2.63. The molecule has 2 rings (SSSR count). The zero-order valence-corrected chi connectivity index (χ0v) is 14.3. The van der Waals surface area contributed by atoms with Gasteiger partial charge in [-0.25, -0.2) is 13.1 Å². The van der Waals surface area contributed by atoms with Gasteiger partial charge in [0.05, 0.1) is 8.68 Å². The summed E-state index contributed by atoms with van der Waals surface area (Å²) in [7, 11) is -1.42. The van der Waals surface area contributed by atoms with Gasteiger partial charge in [-0.2, -0.15) is 0 Å². The molecule has 1 aromatic heterocycles. The number of halogens is 1. The van der Waals surface area contributed by atoms with Crippen molar-refractivity contribution < 1.29 is 8.42 Å². The van der Waals surface area contributed by atoms with Gasteiger partial charge in [0.1, 0.15) is 0 Å². The molecule has 0 atom stereocenters. The lowest BCUT2D eigenvalue weighted by molar-refractivity contribution is 0.343. The van der Waals surface area contributed by atoms with Gasteiger partial charge in [-0.1, -0.05) is 0 Å². The predicted molar refractivity (Wildman–Crippen MR) is 82.2 cm³/mol. The fraction of sp³-hybridized carbons (Fsp3) is 0.667. The highest BCUT2D eigenvalue weighted by Crippen LogP contribution is 2.30. The van der Waals surface area contributed by atoms with Crippen molar-refractivity contribution in [3.05, 3.63) is 14.7 Å². The molecule has 0 aliphatic heterocycles. The zero-order valence-electron chi connectivity index (χ0n) is 11.1. The van der Waals surface area contributed by atoms with E-state index in [2.05, 4.69) is 26.0 Å². The van der Waals surface area contributed by atoms with Crippen molar-refractivity contribution in [1.29, 1.82) is 0 Å². The van der Waals surface area contributed by atoms with Crippen LogP contribution >= 0.6 is 27.3 Å². The maximum atomic E-state index is 12.3. The standard InChI is InChI=1S/C12H19BrN2O2S2/c1-8-11(7-12(13)18-8)19(16,17)15-10-5-3-9(14-2)4-6-10/h7,9-10,14-15H,3-6H2,1-2H3. The summed E-state index contributed by atoms with van der Waals surface area (Å²) >= 11 is 4.79. The minimum absolute atomic E-state index is 0.0627. The van der Waals surface area contributed by atoms with Crippen LogP contribution < -0.4 is 10.0 Å². The largest absolute Gasteiger partial charge is 0.317 e. The van der Waals surface area contributed by atoms with E-state index in [1.807, 2.05) is 14.0 Å². The smallest absolute Gasteiger partial charge is 0.241 e. The Kier molecular flexibility index (Phi) is 5.05. The van der Waals surface area contributed by atoms with E-state index in [1.54, 1.807) is 6.07 Å². The van der Waals surface area contributed by atoms with Crippen molar-refractivity contribution in [2.75, 3.05) is 7.05 Å². The molecule has 108 valence electrons. The van der Waals surface area contributed by atoms with E-state index in [0.29, 0.717) is 10.9 Å². The molecule has 1 aliphatic rings. The van der Waals surface area contributed by atoms with Crippen LogP contribution in [0.5, 0.6) is 0 Å². The molecule has 1 heterocycles. The molecule has 1 saturated carbocycles. The van der Waals surface area contributed by atoms with Crippen LogP contribution in [0.15, 0.2) is 14.7 Å². The maximum Gasteiger partial charge on any atom is 0.241 e. The summed E-state index contributed by atoms with van der Waals surface area (Å²) in [6.07, 6.45) is 3.84. The number of hydrogen-bond acceptors (Lipinski definition) is 4. The van der Waals surface area contributed by atoms with Crippen LogP contribution in [0, 0.1) is 6.92 Å². The molecule has 0 saturated heterocycles. The van der Waals surface area contributed by atoms with Gasteiger partial charge in [-0.3, -0.25) is 0 Å². The highest BCUT2D eigenvalue weighted by atomic mass is 79.9. The van der Waals surface area contributed by atoms with Crippen molar-refractivity contribution in [3.8, 4) is 0 Å². The molecule has 0 spiro atoms. The molecule has 1 aliphatic carbocycles. The first-order chi connectivity index (χ1) is 8.92. The molecule has 0 radical (unpaired) electrons. The van der Waals surface area contributed by atoms with Crippen molar-refractivity contribution >= 4 is 37.3 Å². The van der Waals surface area contributed by atoms with Crippen LogP contribution in [0.4, 0.5) is 0 Å². The highest BCUT2D eigenvalue weighted by molar-refractivity contribution is 9.11. The van der Waals surface area contributed by atoms with Crippen LogP contribution in [-0.4, -0.2) is 27.5 Å². The van der Waals surface area contributed by atoms with Gasteiger partial charge in [-0.15, -0.1) is 11.3 Å². The summed E-state index contributed by atoms with van der Waals surface area (Å²) in [5, 5.41) is 3.25. The third-order valence-corrected chi connectivity index (χ3v) is 6.92. The molecule has 7 heteroatoms. The fourth-order valence-corrected chi connectivity index (χ4v) is 6.20. The molecular formula is C12H19BrN2O2S2. The van der Waals surface area contributed by atoms with Gasteiger partial charge in [0.2, 0.25) is 10.0 Å². The fourth-order valence-electron chi connectivity index (χ4n) is 2.48. The van der Waals surface area contributed by atoms with Crippen LogP contribution in [-0.2, 0) is 10.0 Å². The monoisotopic (exact) mass is 366 g/mol. The lowest BCUT2D eigenvalue weighted by atomic mass is 9.92. The lowest BCUT2D eigenvalue weighted by Gasteiger charge is -2.28. The Bertz CT molecular complexity index is 534. The Labute approximate surface area is 127 Å². The SMILES string of the molecule is CNC1CCC(NS(=O)(=O)c2cc(Br)sc2C)CC1. The molecule has 1 aromatic rings. The van der Waals surface area contributed by atoms with E-state index in [9.17, 15) is 8.42 Å². The number of aryl methyl sites for hydroxylation is 1. The number of hydrogen-bond donors (Lipinski definition) is 2. The second-order valence-electron chi connectivity index (χ2n) is 4.93. The van der Waals surface area contributed by atoms with Crippen molar-refractivity contribution in [3.63, 3.8) is 0 Å². The number of nitrogens with one attached hydrogen (secondary N) is 2. The second-order valence-corrected chi connectivity index (χ2v) is 9.25. The molecule has 0 amide bonds. The topological polar surface area (TPSA) is 58.2 Å². The average Bonchev–Trinajstić information content (AvgIpc) is 2.70. The van der Waals surface area contributed by atoms with E-state index in [4.69, 9.17) is 0 Å². The third-order valence-electron chi connectivity index (χ3n) is 3.59. The number of rotatable bonds is 4. The number of thiophene rings is 1. The van der Waals surface area contributed by atoms with E-state index in [0.717, 1.165) is 34.3 Å². The Morgan fingerprint density at radius 2 is 1.84 bits per heavy atom. The lowest BCUT2D eigenvalue weighted by Crippen LogP contribution is -2.41. The molecule has 0 unspecified atom stereocenters. The third kappa shape index (κ3) is 3.78.